The highest BCUT2D eigenvalue weighted by molar-refractivity contribution is 7.98. The monoisotopic (exact) mass is 181 g/mol. The molecule has 2 heterocycles. The van der Waals surface area contributed by atoms with Crippen molar-refractivity contribution < 1.29 is 0 Å². The quantitative estimate of drug-likeness (QED) is 0.730. The molecule has 0 aliphatic carbocycles. The summed E-state index contributed by atoms with van der Waals surface area (Å²) in [7, 11) is 0. The van der Waals surface area contributed by atoms with Gasteiger partial charge in [0.1, 0.15) is 5.82 Å². The molecule has 1 aliphatic heterocycles. The Bertz CT molecular complexity index is 288. The smallest absolute Gasteiger partial charge is 0.129 e. The number of hydrogen-bond acceptors (Lipinski definition) is 4. The summed E-state index contributed by atoms with van der Waals surface area (Å²) in [4.78, 5) is 8.67. The second-order valence-corrected chi connectivity index (χ2v) is 3.78. The summed E-state index contributed by atoms with van der Waals surface area (Å²) in [6, 6.07) is 0. The highest BCUT2D eigenvalue weighted by Gasteiger charge is 2.13. The van der Waals surface area contributed by atoms with Crippen molar-refractivity contribution in [1.29, 1.82) is 0 Å². The predicted molar refractivity (Wildman–Crippen MR) is 49.8 cm³/mol. The largest absolute Gasteiger partial charge is 0.330 e. The molecule has 0 atom stereocenters. The Labute approximate surface area is 75.8 Å². The van der Waals surface area contributed by atoms with E-state index in [1.54, 1.807) is 0 Å². The van der Waals surface area contributed by atoms with Gasteiger partial charge in [0, 0.05) is 29.7 Å². The van der Waals surface area contributed by atoms with Gasteiger partial charge in [-0.25, -0.2) is 9.97 Å². The maximum atomic E-state index is 5.42. The number of thioether (sulfide) groups is 1. The molecule has 0 bridgehead atoms. The van der Waals surface area contributed by atoms with Crippen molar-refractivity contribution in [2.24, 2.45) is 5.73 Å². The van der Waals surface area contributed by atoms with Crippen molar-refractivity contribution in [3.63, 3.8) is 0 Å². The molecule has 0 unspecified atom stereocenters. The molecule has 1 aromatic rings. The van der Waals surface area contributed by atoms with Crippen molar-refractivity contribution in [2.75, 3.05) is 6.54 Å². The molecular weight excluding hydrogens is 170 g/mol. The van der Waals surface area contributed by atoms with Crippen molar-refractivity contribution in [2.45, 2.75) is 17.9 Å². The lowest BCUT2D eigenvalue weighted by Gasteiger charge is -1.99. The van der Waals surface area contributed by atoms with Gasteiger partial charge in [-0.15, -0.1) is 0 Å². The lowest BCUT2D eigenvalue weighted by molar-refractivity contribution is 0.848. The van der Waals surface area contributed by atoms with E-state index < -0.39 is 0 Å². The van der Waals surface area contributed by atoms with Crippen LogP contribution in [0.1, 0.15) is 17.1 Å². The van der Waals surface area contributed by atoms with E-state index in [4.69, 9.17) is 5.73 Å². The molecule has 0 amide bonds. The zero-order valence-electron chi connectivity index (χ0n) is 6.79. The van der Waals surface area contributed by atoms with Crippen molar-refractivity contribution in [3.05, 3.63) is 23.3 Å². The van der Waals surface area contributed by atoms with Crippen LogP contribution in [0.25, 0.3) is 0 Å². The Hall–Kier alpha value is -0.610. The summed E-state index contributed by atoms with van der Waals surface area (Å²) in [5, 5.41) is 0. The number of nitrogens with two attached hydrogens (primary N) is 1. The molecule has 4 heteroatoms. The van der Waals surface area contributed by atoms with Gasteiger partial charge in [-0.05, 0) is 6.54 Å². The van der Waals surface area contributed by atoms with Crippen LogP contribution in [-0.4, -0.2) is 16.5 Å². The molecule has 0 fully saturated rings. The lowest BCUT2D eigenvalue weighted by atomic mass is 10.2. The minimum Gasteiger partial charge on any atom is -0.330 e. The minimum absolute atomic E-state index is 0.631. The molecule has 0 aromatic carbocycles. The third kappa shape index (κ3) is 1.44. The van der Waals surface area contributed by atoms with E-state index in [0.29, 0.717) is 6.54 Å². The van der Waals surface area contributed by atoms with E-state index in [2.05, 4.69) is 9.97 Å². The van der Waals surface area contributed by atoms with Crippen molar-refractivity contribution >= 4 is 11.8 Å². The summed E-state index contributed by atoms with van der Waals surface area (Å²) in [5.41, 5.74) is 7.92. The van der Waals surface area contributed by atoms with Gasteiger partial charge in [0.2, 0.25) is 0 Å². The van der Waals surface area contributed by atoms with E-state index in [0.717, 1.165) is 23.8 Å². The van der Waals surface area contributed by atoms with E-state index in [-0.39, 0.29) is 0 Å². The van der Waals surface area contributed by atoms with Crippen LogP contribution >= 0.6 is 11.8 Å². The lowest BCUT2D eigenvalue weighted by Crippen LogP contribution is -2.07. The van der Waals surface area contributed by atoms with Crippen LogP contribution in [-0.2, 0) is 17.9 Å². The zero-order valence-corrected chi connectivity index (χ0v) is 7.60. The van der Waals surface area contributed by atoms with Gasteiger partial charge in [0.25, 0.3) is 0 Å². The Morgan fingerprint density at radius 3 is 3.25 bits per heavy atom. The van der Waals surface area contributed by atoms with Crippen LogP contribution in [0.4, 0.5) is 0 Å². The average Bonchev–Trinajstić information content (AvgIpc) is 2.51. The Kier molecular flexibility index (Phi) is 2.28. The molecule has 64 valence electrons. The van der Waals surface area contributed by atoms with Gasteiger partial charge >= 0.3 is 0 Å². The van der Waals surface area contributed by atoms with Crippen LogP contribution in [0.2, 0.25) is 0 Å². The Morgan fingerprint density at radius 2 is 2.42 bits per heavy atom. The SMILES string of the molecule is NCCc1ncc2c(n1)CSC2. The molecule has 0 spiro atoms. The van der Waals surface area contributed by atoms with E-state index >= 15 is 0 Å². The molecule has 2 rings (SSSR count). The van der Waals surface area contributed by atoms with Crippen LogP contribution in [0.3, 0.4) is 0 Å². The van der Waals surface area contributed by atoms with Crippen LogP contribution in [0.15, 0.2) is 6.20 Å². The highest BCUT2D eigenvalue weighted by Crippen LogP contribution is 2.27. The van der Waals surface area contributed by atoms with Gasteiger partial charge in [-0.3, -0.25) is 0 Å². The second-order valence-electron chi connectivity index (χ2n) is 2.79. The predicted octanol–water partition coefficient (Wildman–Crippen LogP) is 0.725. The summed E-state index contributed by atoms with van der Waals surface area (Å²) in [6.45, 7) is 0.631. The fourth-order valence-corrected chi connectivity index (χ4v) is 2.24. The first-order valence-corrected chi connectivity index (χ1v) is 5.17. The van der Waals surface area contributed by atoms with Gasteiger partial charge < -0.3 is 5.73 Å². The Morgan fingerprint density at radius 1 is 1.50 bits per heavy atom. The van der Waals surface area contributed by atoms with E-state index in [1.165, 1.54) is 11.3 Å². The number of aromatic nitrogens is 2. The summed E-state index contributed by atoms with van der Waals surface area (Å²) in [5.74, 6) is 2.99. The minimum atomic E-state index is 0.631. The average molecular weight is 181 g/mol. The molecular formula is C8H11N3S. The van der Waals surface area contributed by atoms with Crippen LogP contribution < -0.4 is 5.73 Å². The first kappa shape index (κ1) is 8.01. The van der Waals surface area contributed by atoms with Crippen molar-refractivity contribution in [1.82, 2.24) is 9.97 Å². The zero-order chi connectivity index (χ0) is 8.39. The van der Waals surface area contributed by atoms with Gasteiger partial charge in [0.05, 0.1) is 5.69 Å². The van der Waals surface area contributed by atoms with Gasteiger partial charge in [-0.2, -0.15) is 11.8 Å². The maximum Gasteiger partial charge on any atom is 0.129 e. The standard InChI is InChI=1S/C8H11N3S/c9-2-1-8-10-3-6-4-12-5-7(6)11-8/h3H,1-2,4-5,9H2. The molecule has 1 aliphatic rings. The number of fused-ring (bicyclic) bond motifs is 1. The number of hydrogen-bond donors (Lipinski definition) is 1. The van der Waals surface area contributed by atoms with Gasteiger partial charge in [0.15, 0.2) is 0 Å². The summed E-state index contributed by atoms with van der Waals surface area (Å²) >= 11 is 1.90. The first-order valence-electron chi connectivity index (χ1n) is 4.01. The number of nitrogens with zero attached hydrogens (tertiary/aromatic N) is 2. The molecule has 12 heavy (non-hydrogen) atoms. The second kappa shape index (κ2) is 3.41. The summed E-state index contributed by atoms with van der Waals surface area (Å²) < 4.78 is 0. The normalized spacial score (nSPS) is 14.8. The third-order valence-electron chi connectivity index (χ3n) is 1.87. The van der Waals surface area contributed by atoms with Gasteiger partial charge in [-0.1, -0.05) is 0 Å². The maximum absolute atomic E-state index is 5.42. The topological polar surface area (TPSA) is 51.8 Å². The third-order valence-corrected chi connectivity index (χ3v) is 2.86. The van der Waals surface area contributed by atoms with Crippen LogP contribution in [0, 0.1) is 0 Å². The van der Waals surface area contributed by atoms with Crippen molar-refractivity contribution in [3.8, 4) is 0 Å². The fourth-order valence-electron chi connectivity index (χ4n) is 1.24. The van der Waals surface area contributed by atoms with E-state index in [9.17, 15) is 0 Å². The fraction of sp³-hybridized carbons (Fsp3) is 0.500. The number of rotatable bonds is 2. The molecule has 0 saturated carbocycles. The Balaban J connectivity index is 2.26. The summed E-state index contributed by atoms with van der Waals surface area (Å²) in [6.07, 6.45) is 2.73. The molecule has 0 radical (unpaired) electrons. The molecule has 3 nitrogen and oxygen atoms in total. The molecule has 0 saturated heterocycles. The highest BCUT2D eigenvalue weighted by atomic mass is 32.2. The molecule has 1 aromatic heterocycles. The first-order chi connectivity index (χ1) is 5.90. The van der Waals surface area contributed by atoms with E-state index in [1.807, 2.05) is 18.0 Å². The molecule has 2 N–H and O–H groups in total. The van der Waals surface area contributed by atoms with Crippen LogP contribution in [0.5, 0.6) is 0 Å².